The molecule has 6 nitrogen and oxygen atoms in total. The molecule has 0 spiro atoms. The van der Waals surface area contributed by atoms with Crippen molar-refractivity contribution in [3.8, 4) is 0 Å². The number of carbonyl (C=O) groups excluding carboxylic acids is 1. The lowest BCUT2D eigenvalue weighted by molar-refractivity contribution is -1.07. The van der Waals surface area contributed by atoms with Crippen LogP contribution in [0.4, 0.5) is 5.69 Å². The standard InChI is InChI=1S/C18H28N5O/c1-22-8-11-23(12-9-22,13-10-22)14-18(24)21-17-4-2-16(3-5-17)6-7-20-15-19/h2-5,15H,6-14H2,1H3,(H2-,19,20,21,24)/q+1/p+1. The summed E-state index contributed by atoms with van der Waals surface area (Å²) in [6.45, 7) is 8.29. The molecule has 3 aliphatic rings. The number of benzene rings is 1. The number of piperazine rings is 3. The summed E-state index contributed by atoms with van der Waals surface area (Å²) in [5, 5.41) is 3.06. The molecule has 0 unspecified atom stereocenters. The number of anilines is 1. The van der Waals surface area contributed by atoms with Gasteiger partial charge in [0.05, 0.1) is 13.4 Å². The average Bonchev–Trinajstić information content (AvgIpc) is 2.58. The van der Waals surface area contributed by atoms with Gasteiger partial charge in [0, 0.05) is 12.2 Å². The number of likely N-dealkylation sites (N-methyl/N-ethyl adjacent to an activating group) is 1. The van der Waals surface area contributed by atoms with Crippen LogP contribution in [-0.4, -0.2) is 80.6 Å². The Morgan fingerprint density at radius 1 is 1.17 bits per heavy atom. The molecular weight excluding hydrogens is 302 g/mol. The molecule has 1 amide bonds. The molecule has 3 fully saturated rings. The van der Waals surface area contributed by atoms with E-state index in [2.05, 4.69) is 17.4 Å². The number of aliphatic imine (C=N–C) groups is 1. The predicted molar refractivity (Wildman–Crippen MR) is 96.8 cm³/mol. The summed E-state index contributed by atoms with van der Waals surface area (Å²) < 4.78 is 2.16. The van der Waals surface area contributed by atoms with Crippen molar-refractivity contribution in [2.45, 2.75) is 6.42 Å². The third-order valence-electron chi connectivity index (χ3n) is 5.69. The lowest BCUT2D eigenvalue weighted by atomic mass is 10.1. The smallest absolute Gasteiger partial charge is 0.279 e. The van der Waals surface area contributed by atoms with E-state index in [9.17, 15) is 4.79 Å². The lowest BCUT2D eigenvalue weighted by Gasteiger charge is -2.53. The van der Waals surface area contributed by atoms with Crippen LogP contribution in [0, 0.1) is 0 Å². The van der Waals surface area contributed by atoms with E-state index >= 15 is 0 Å². The van der Waals surface area contributed by atoms with Gasteiger partial charge in [0.25, 0.3) is 5.91 Å². The molecule has 0 atom stereocenters. The van der Waals surface area contributed by atoms with Crippen LogP contribution in [0.3, 0.4) is 0 Å². The molecule has 3 saturated heterocycles. The fourth-order valence-electron chi connectivity index (χ4n) is 3.80. The molecular formula is C18H29N5O+2. The number of nitrogens with two attached hydrogens (primary N) is 1. The molecule has 3 heterocycles. The van der Waals surface area contributed by atoms with Crippen molar-refractivity contribution in [1.29, 1.82) is 0 Å². The molecule has 0 radical (unpaired) electrons. The number of fused-ring (bicyclic) bond motifs is 3. The van der Waals surface area contributed by atoms with Crippen LogP contribution in [-0.2, 0) is 11.2 Å². The highest BCUT2D eigenvalue weighted by molar-refractivity contribution is 5.91. The Morgan fingerprint density at radius 2 is 1.79 bits per heavy atom. The zero-order valence-corrected chi connectivity index (χ0v) is 14.6. The monoisotopic (exact) mass is 331 g/mol. The first-order valence-electron chi connectivity index (χ1n) is 8.80. The summed E-state index contributed by atoms with van der Waals surface area (Å²) in [6.07, 6.45) is 2.20. The van der Waals surface area contributed by atoms with Crippen LogP contribution >= 0.6 is 0 Å². The van der Waals surface area contributed by atoms with E-state index in [1.165, 1.54) is 36.0 Å². The van der Waals surface area contributed by atoms with Crippen LogP contribution in [0.25, 0.3) is 0 Å². The predicted octanol–water partition coefficient (Wildman–Crippen LogP) is 0.445. The van der Waals surface area contributed by atoms with Gasteiger partial charge >= 0.3 is 0 Å². The second-order valence-corrected chi connectivity index (χ2v) is 7.51. The van der Waals surface area contributed by atoms with Gasteiger partial charge < -0.3 is 20.0 Å². The van der Waals surface area contributed by atoms with Gasteiger partial charge in [-0.1, -0.05) is 12.1 Å². The summed E-state index contributed by atoms with van der Waals surface area (Å²) in [4.78, 5) is 16.5. The largest absolute Gasteiger partial charge is 0.390 e. The third-order valence-corrected chi connectivity index (χ3v) is 5.69. The van der Waals surface area contributed by atoms with Crippen LogP contribution in [0.2, 0.25) is 0 Å². The van der Waals surface area contributed by atoms with Gasteiger partial charge in [-0.2, -0.15) is 0 Å². The van der Waals surface area contributed by atoms with Crippen LogP contribution in [0.15, 0.2) is 29.3 Å². The van der Waals surface area contributed by atoms with Crippen molar-refractivity contribution in [2.24, 2.45) is 10.7 Å². The van der Waals surface area contributed by atoms with Gasteiger partial charge in [-0.15, -0.1) is 0 Å². The molecule has 2 bridgehead atoms. The normalized spacial score (nSPS) is 29.0. The highest BCUT2D eigenvalue weighted by atomic mass is 16.2. The SMILES string of the molecule is C[N+]12CC[N+](CC(=O)Nc3ccc(CCN=CN)cc3)(CC1)CC2. The minimum absolute atomic E-state index is 0.133. The Morgan fingerprint density at radius 3 is 2.38 bits per heavy atom. The Hall–Kier alpha value is -1.92. The van der Waals surface area contributed by atoms with Crippen molar-refractivity contribution >= 4 is 17.9 Å². The molecule has 24 heavy (non-hydrogen) atoms. The molecule has 0 aliphatic carbocycles. The van der Waals surface area contributed by atoms with E-state index in [0.29, 0.717) is 13.1 Å². The molecule has 4 rings (SSSR count). The fraction of sp³-hybridized carbons (Fsp3) is 0.556. The van der Waals surface area contributed by atoms with Crippen molar-refractivity contribution in [3.05, 3.63) is 29.8 Å². The van der Waals surface area contributed by atoms with Crippen LogP contribution in [0.5, 0.6) is 0 Å². The highest BCUT2D eigenvalue weighted by Crippen LogP contribution is 2.24. The molecule has 130 valence electrons. The first-order valence-corrected chi connectivity index (χ1v) is 8.80. The van der Waals surface area contributed by atoms with E-state index in [0.717, 1.165) is 36.2 Å². The van der Waals surface area contributed by atoms with Gasteiger partial charge in [0.15, 0.2) is 6.54 Å². The van der Waals surface area contributed by atoms with Crippen molar-refractivity contribution < 1.29 is 13.8 Å². The van der Waals surface area contributed by atoms with E-state index in [1.54, 1.807) is 0 Å². The average molecular weight is 331 g/mol. The zero-order valence-electron chi connectivity index (χ0n) is 14.6. The second-order valence-electron chi connectivity index (χ2n) is 7.51. The topological polar surface area (TPSA) is 67.5 Å². The number of quaternary nitrogens is 2. The molecule has 3 N–H and O–H groups in total. The van der Waals surface area contributed by atoms with E-state index in [4.69, 9.17) is 5.73 Å². The first kappa shape index (κ1) is 16.9. The van der Waals surface area contributed by atoms with Crippen molar-refractivity contribution in [1.82, 2.24) is 0 Å². The summed E-state index contributed by atoms with van der Waals surface area (Å²) in [6, 6.07) is 8.03. The van der Waals surface area contributed by atoms with Crippen LogP contribution < -0.4 is 11.1 Å². The van der Waals surface area contributed by atoms with Gasteiger partial charge in [-0.25, -0.2) is 0 Å². The van der Waals surface area contributed by atoms with Crippen LogP contribution in [0.1, 0.15) is 5.56 Å². The molecule has 0 saturated carbocycles. The van der Waals surface area contributed by atoms with E-state index in [-0.39, 0.29) is 5.91 Å². The number of nitrogens with one attached hydrogen (secondary N) is 1. The molecule has 1 aromatic carbocycles. The minimum atomic E-state index is 0.133. The molecule has 0 aromatic heterocycles. The number of hydrogen-bond donors (Lipinski definition) is 2. The van der Waals surface area contributed by atoms with Gasteiger partial charge in [-0.05, 0) is 24.1 Å². The Labute approximate surface area is 144 Å². The molecule has 6 heteroatoms. The third kappa shape index (κ3) is 3.94. The van der Waals surface area contributed by atoms with E-state index < -0.39 is 0 Å². The first-order chi connectivity index (χ1) is 11.5. The Balaban J connectivity index is 1.52. The summed E-state index contributed by atoms with van der Waals surface area (Å²) in [5.74, 6) is 0.133. The number of hydrogen-bond acceptors (Lipinski definition) is 2. The van der Waals surface area contributed by atoms with E-state index in [1.807, 2.05) is 24.3 Å². The number of amides is 1. The zero-order chi connectivity index (χ0) is 17.0. The summed E-state index contributed by atoms with van der Waals surface area (Å²) in [7, 11) is 2.34. The van der Waals surface area contributed by atoms with Crippen molar-refractivity contribution in [2.75, 3.05) is 64.7 Å². The summed E-state index contributed by atoms with van der Waals surface area (Å²) >= 11 is 0. The van der Waals surface area contributed by atoms with Gasteiger partial charge in [0.2, 0.25) is 0 Å². The maximum absolute atomic E-state index is 12.5. The number of carbonyl (C=O) groups is 1. The fourth-order valence-corrected chi connectivity index (χ4v) is 3.80. The number of nitrogens with zero attached hydrogens (tertiary/aromatic N) is 3. The van der Waals surface area contributed by atoms with Gasteiger partial charge in [0.1, 0.15) is 39.3 Å². The maximum Gasteiger partial charge on any atom is 0.279 e. The number of rotatable bonds is 6. The summed E-state index contributed by atoms with van der Waals surface area (Å²) in [5.41, 5.74) is 7.31. The molecule has 1 aromatic rings. The van der Waals surface area contributed by atoms with Crippen molar-refractivity contribution in [3.63, 3.8) is 0 Å². The quantitative estimate of drug-likeness (QED) is 0.451. The highest BCUT2D eigenvalue weighted by Gasteiger charge is 2.47. The van der Waals surface area contributed by atoms with Gasteiger partial charge in [-0.3, -0.25) is 9.79 Å². The lowest BCUT2D eigenvalue weighted by Crippen LogP contribution is -2.74. The molecule has 3 aliphatic heterocycles. The Kier molecular flexibility index (Phi) is 4.87. The second kappa shape index (κ2) is 6.91. The minimum Gasteiger partial charge on any atom is -0.390 e. The Bertz CT molecular complexity index is 586. The maximum atomic E-state index is 12.5.